The Morgan fingerprint density at radius 1 is 1.03 bits per heavy atom. The summed E-state index contributed by atoms with van der Waals surface area (Å²) >= 11 is 0. The number of carboxylic acids is 1. The van der Waals surface area contributed by atoms with E-state index < -0.39 is 24.0 Å². The number of carboxylic acid groups (broad SMARTS) is 1. The third-order valence-corrected chi connectivity index (χ3v) is 6.55. The summed E-state index contributed by atoms with van der Waals surface area (Å²) in [6, 6.07) is 15.5. The molecule has 1 unspecified atom stereocenters. The molecule has 2 N–H and O–H groups in total. The molecule has 2 aliphatic rings. The smallest absolute Gasteiger partial charge is 0.412 e. The molecule has 2 aromatic carbocycles. The molecule has 0 radical (unpaired) electrons. The number of fused-ring (bicyclic) bond motifs is 3. The van der Waals surface area contributed by atoms with E-state index in [1.807, 2.05) is 48.5 Å². The Balaban J connectivity index is 1.26. The number of piperidine rings is 1. The Morgan fingerprint density at radius 2 is 1.71 bits per heavy atom. The summed E-state index contributed by atoms with van der Waals surface area (Å²) in [7, 11) is 0. The molecule has 0 saturated carbocycles. The average Bonchev–Trinajstić information content (AvgIpc) is 3.45. The van der Waals surface area contributed by atoms with Gasteiger partial charge in [0.1, 0.15) is 6.61 Å². The third kappa shape index (κ3) is 4.46. The number of aromatic nitrogens is 2. The average molecular weight is 476 g/mol. The van der Waals surface area contributed by atoms with Crippen LogP contribution in [0, 0.1) is 0 Å². The van der Waals surface area contributed by atoms with Gasteiger partial charge >= 0.3 is 12.1 Å². The van der Waals surface area contributed by atoms with Crippen LogP contribution in [0.5, 0.6) is 0 Å². The van der Waals surface area contributed by atoms with Gasteiger partial charge in [0.25, 0.3) is 5.91 Å². The van der Waals surface area contributed by atoms with Gasteiger partial charge in [-0.2, -0.15) is 0 Å². The molecule has 2 amide bonds. The molecule has 5 rings (SSSR count). The van der Waals surface area contributed by atoms with Crippen molar-refractivity contribution in [2.24, 2.45) is 0 Å². The minimum Gasteiger partial charge on any atom is -0.481 e. The SMILES string of the molecule is O=C(O)CC1CCCCN1C(=O)c1nonc1NC(=O)OCC1c2ccccc2-c2ccccc21. The molecule has 10 heteroatoms. The molecule has 35 heavy (non-hydrogen) atoms. The molecule has 1 aliphatic heterocycles. The van der Waals surface area contributed by atoms with Gasteiger partial charge in [0.15, 0.2) is 0 Å². The van der Waals surface area contributed by atoms with Crippen LogP contribution in [0.4, 0.5) is 10.6 Å². The van der Waals surface area contributed by atoms with Crippen molar-refractivity contribution in [3.8, 4) is 11.1 Å². The van der Waals surface area contributed by atoms with Crippen molar-refractivity contribution in [2.75, 3.05) is 18.5 Å². The number of nitrogens with one attached hydrogen (secondary N) is 1. The van der Waals surface area contributed by atoms with Gasteiger partial charge in [-0.3, -0.25) is 14.9 Å². The fourth-order valence-corrected chi connectivity index (χ4v) is 4.96. The maximum Gasteiger partial charge on any atom is 0.412 e. The highest BCUT2D eigenvalue weighted by Gasteiger charge is 2.34. The van der Waals surface area contributed by atoms with Crippen molar-refractivity contribution in [3.63, 3.8) is 0 Å². The van der Waals surface area contributed by atoms with E-state index in [0.717, 1.165) is 35.1 Å². The lowest BCUT2D eigenvalue weighted by Gasteiger charge is -2.34. The Bertz CT molecular complexity index is 1230. The zero-order chi connectivity index (χ0) is 24.4. The van der Waals surface area contributed by atoms with E-state index >= 15 is 0 Å². The summed E-state index contributed by atoms with van der Waals surface area (Å²) in [6.07, 6.45) is 1.22. The molecule has 1 aliphatic carbocycles. The van der Waals surface area contributed by atoms with Gasteiger partial charge < -0.3 is 14.7 Å². The summed E-state index contributed by atoms with van der Waals surface area (Å²) < 4.78 is 10.2. The summed E-state index contributed by atoms with van der Waals surface area (Å²) in [5.74, 6) is -1.79. The minimum absolute atomic E-state index is 0.0984. The number of likely N-dealkylation sites (tertiary alicyclic amines) is 1. The van der Waals surface area contributed by atoms with Gasteiger partial charge in [-0.15, -0.1) is 0 Å². The van der Waals surface area contributed by atoms with E-state index in [9.17, 15) is 19.5 Å². The van der Waals surface area contributed by atoms with Gasteiger partial charge in [0.2, 0.25) is 11.5 Å². The maximum atomic E-state index is 13.1. The van der Waals surface area contributed by atoms with E-state index in [1.165, 1.54) is 4.90 Å². The number of benzene rings is 2. The first-order chi connectivity index (χ1) is 17.0. The molecule has 0 bridgehead atoms. The van der Waals surface area contributed by atoms with Gasteiger partial charge in [-0.1, -0.05) is 48.5 Å². The second-order valence-electron chi connectivity index (χ2n) is 8.66. The number of nitrogens with zero attached hydrogens (tertiary/aromatic N) is 3. The number of aliphatic carboxylic acids is 1. The molecule has 2 heterocycles. The van der Waals surface area contributed by atoms with E-state index in [-0.39, 0.29) is 30.5 Å². The van der Waals surface area contributed by atoms with E-state index in [1.54, 1.807) is 0 Å². The van der Waals surface area contributed by atoms with Crippen LogP contribution in [0.15, 0.2) is 53.2 Å². The van der Waals surface area contributed by atoms with Crippen LogP contribution < -0.4 is 5.32 Å². The molecule has 10 nitrogen and oxygen atoms in total. The van der Waals surface area contributed by atoms with Crippen LogP contribution in [-0.2, 0) is 9.53 Å². The Labute approximate surface area is 200 Å². The van der Waals surface area contributed by atoms with Gasteiger partial charge in [-0.25, -0.2) is 9.42 Å². The molecule has 1 atom stereocenters. The number of hydrogen-bond donors (Lipinski definition) is 2. The van der Waals surface area contributed by atoms with Gasteiger partial charge in [-0.05, 0) is 51.8 Å². The van der Waals surface area contributed by atoms with Crippen LogP contribution in [0.25, 0.3) is 11.1 Å². The number of amides is 2. The van der Waals surface area contributed by atoms with E-state index in [2.05, 4.69) is 15.6 Å². The van der Waals surface area contributed by atoms with Crippen molar-refractivity contribution >= 4 is 23.8 Å². The number of carbonyl (C=O) groups is 3. The number of carbonyl (C=O) groups excluding carboxylic acids is 2. The van der Waals surface area contributed by atoms with Crippen molar-refractivity contribution in [1.82, 2.24) is 15.2 Å². The zero-order valence-corrected chi connectivity index (χ0v) is 18.8. The number of hydrogen-bond acceptors (Lipinski definition) is 7. The molecular weight excluding hydrogens is 452 g/mol. The second kappa shape index (κ2) is 9.57. The first kappa shape index (κ1) is 22.6. The topological polar surface area (TPSA) is 135 Å². The molecular formula is C25H24N4O6. The lowest BCUT2D eigenvalue weighted by Crippen LogP contribution is -2.45. The largest absolute Gasteiger partial charge is 0.481 e. The maximum absolute atomic E-state index is 13.1. The zero-order valence-electron chi connectivity index (χ0n) is 18.8. The standard InChI is InChI=1S/C25H24N4O6/c30-21(31)13-15-7-5-6-12-29(15)24(32)22-23(28-35-27-22)26-25(33)34-14-20-18-10-3-1-8-16(18)17-9-2-4-11-19(17)20/h1-4,8-11,15,20H,5-7,12-14H2,(H,30,31)(H,26,28,33). The van der Waals surface area contributed by atoms with Crippen molar-refractivity contribution < 1.29 is 28.9 Å². The van der Waals surface area contributed by atoms with Gasteiger partial charge in [0, 0.05) is 18.5 Å². The van der Waals surface area contributed by atoms with Crippen molar-refractivity contribution in [1.29, 1.82) is 0 Å². The highest BCUT2D eigenvalue weighted by atomic mass is 16.6. The second-order valence-corrected chi connectivity index (χ2v) is 8.66. The lowest BCUT2D eigenvalue weighted by atomic mass is 9.98. The monoisotopic (exact) mass is 476 g/mol. The number of rotatable bonds is 6. The summed E-state index contributed by atoms with van der Waals surface area (Å²) in [6.45, 7) is 0.495. The Kier molecular flexibility index (Phi) is 6.17. The molecule has 1 saturated heterocycles. The number of anilines is 1. The van der Waals surface area contributed by atoms with E-state index in [0.29, 0.717) is 13.0 Å². The highest BCUT2D eigenvalue weighted by molar-refractivity contribution is 6.00. The van der Waals surface area contributed by atoms with Crippen LogP contribution in [0.3, 0.4) is 0 Å². The summed E-state index contributed by atoms with van der Waals surface area (Å²) in [4.78, 5) is 38.4. The molecule has 0 spiro atoms. The van der Waals surface area contributed by atoms with Crippen LogP contribution in [0.1, 0.15) is 53.2 Å². The number of ether oxygens (including phenoxy) is 1. The third-order valence-electron chi connectivity index (χ3n) is 6.55. The quantitative estimate of drug-likeness (QED) is 0.547. The van der Waals surface area contributed by atoms with Crippen LogP contribution in [-0.4, -0.2) is 57.5 Å². The van der Waals surface area contributed by atoms with Crippen LogP contribution >= 0.6 is 0 Å². The lowest BCUT2D eigenvalue weighted by molar-refractivity contribution is -0.138. The molecule has 180 valence electrons. The normalized spacial score (nSPS) is 16.9. The predicted molar refractivity (Wildman–Crippen MR) is 124 cm³/mol. The predicted octanol–water partition coefficient (Wildman–Crippen LogP) is 3.90. The van der Waals surface area contributed by atoms with Crippen molar-refractivity contribution in [2.45, 2.75) is 37.6 Å². The summed E-state index contributed by atoms with van der Waals surface area (Å²) in [5, 5.41) is 18.9. The van der Waals surface area contributed by atoms with Crippen molar-refractivity contribution in [3.05, 3.63) is 65.4 Å². The molecule has 1 aromatic heterocycles. The Hall–Kier alpha value is -4.21. The van der Waals surface area contributed by atoms with E-state index in [4.69, 9.17) is 9.37 Å². The highest BCUT2D eigenvalue weighted by Crippen LogP contribution is 2.44. The molecule has 1 fully saturated rings. The Morgan fingerprint density at radius 3 is 2.40 bits per heavy atom. The fourth-order valence-electron chi connectivity index (χ4n) is 4.96. The first-order valence-corrected chi connectivity index (χ1v) is 11.5. The summed E-state index contributed by atoms with van der Waals surface area (Å²) in [5.41, 5.74) is 4.20. The first-order valence-electron chi connectivity index (χ1n) is 11.5. The molecule has 3 aromatic rings. The van der Waals surface area contributed by atoms with Gasteiger partial charge in [0.05, 0.1) is 6.42 Å². The minimum atomic E-state index is -0.982. The fraction of sp³-hybridized carbons (Fsp3) is 0.320. The van der Waals surface area contributed by atoms with Crippen LogP contribution in [0.2, 0.25) is 0 Å².